The molecule has 0 bridgehead atoms. The molecule has 0 fully saturated rings. The van der Waals surface area contributed by atoms with Crippen molar-refractivity contribution in [3.63, 3.8) is 0 Å². The normalized spacial score (nSPS) is 15.3. The number of carbonyl (C=O) groups is 1. The highest BCUT2D eigenvalue weighted by atomic mass is 16.5. The molecule has 1 aliphatic heterocycles. The molecule has 0 unspecified atom stereocenters. The van der Waals surface area contributed by atoms with Crippen molar-refractivity contribution >= 4 is 23.2 Å². The Labute approximate surface area is 130 Å². The Bertz CT molecular complexity index is 734. The van der Waals surface area contributed by atoms with E-state index in [1.54, 1.807) is 7.11 Å². The molecule has 0 radical (unpaired) electrons. The Hall–Kier alpha value is -2.55. The van der Waals surface area contributed by atoms with Gasteiger partial charge in [0.25, 0.3) is 5.91 Å². The lowest BCUT2D eigenvalue weighted by atomic mass is 10.0. The fourth-order valence-electron chi connectivity index (χ4n) is 2.83. The van der Waals surface area contributed by atoms with Gasteiger partial charge >= 0.3 is 0 Å². The van der Waals surface area contributed by atoms with Crippen molar-refractivity contribution in [1.82, 2.24) is 0 Å². The highest BCUT2D eigenvalue weighted by Crippen LogP contribution is 2.38. The van der Waals surface area contributed by atoms with Crippen molar-refractivity contribution in [1.29, 1.82) is 0 Å². The summed E-state index contributed by atoms with van der Waals surface area (Å²) >= 11 is 0. The van der Waals surface area contributed by atoms with Gasteiger partial charge in [0.1, 0.15) is 5.75 Å². The third-order valence-corrected chi connectivity index (χ3v) is 3.85. The lowest BCUT2D eigenvalue weighted by Crippen LogP contribution is -2.26. The molecule has 3 nitrogen and oxygen atoms in total. The molecule has 2 aromatic carbocycles. The maximum Gasteiger partial charge on any atom is 0.258 e. The summed E-state index contributed by atoms with van der Waals surface area (Å²) in [5, 5.41) is 0. The van der Waals surface area contributed by atoms with Crippen LogP contribution in [0, 0.1) is 0 Å². The van der Waals surface area contributed by atoms with Gasteiger partial charge in [-0.3, -0.25) is 4.79 Å². The van der Waals surface area contributed by atoms with Crippen LogP contribution in [-0.4, -0.2) is 19.6 Å². The Morgan fingerprint density at radius 3 is 2.59 bits per heavy atom. The van der Waals surface area contributed by atoms with Gasteiger partial charge in [-0.2, -0.15) is 0 Å². The zero-order chi connectivity index (χ0) is 15.5. The molecule has 0 N–H and O–H groups in total. The van der Waals surface area contributed by atoms with Gasteiger partial charge in [0.15, 0.2) is 0 Å². The molecular weight excluding hydrogens is 274 g/mol. The topological polar surface area (TPSA) is 29.5 Å². The first kappa shape index (κ1) is 14.4. The molecule has 2 aromatic rings. The predicted octanol–water partition coefficient (Wildman–Crippen LogP) is 3.99. The second-order valence-electron chi connectivity index (χ2n) is 5.27. The average molecular weight is 293 g/mol. The Morgan fingerprint density at radius 1 is 1.09 bits per heavy atom. The van der Waals surface area contributed by atoms with Crippen molar-refractivity contribution in [3.8, 4) is 5.75 Å². The Kier molecular flexibility index (Phi) is 3.96. The number of para-hydroxylation sites is 2. The standard InChI is InChI=1S/C19H19NO2/c1-3-12-20-17-10-6-5-9-15(17)16(19(20)21)13-14-8-4-7-11-18(14)22-2/h4-11,13H,3,12H2,1-2H3/b16-13-. The van der Waals surface area contributed by atoms with E-state index < -0.39 is 0 Å². The second kappa shape index (κ2) is 6.06. The number of ether oxygens (including phenoxy) is 1. The predicted molar refractivity (Wildman–Crippen MR) is 90.0 cm³/mol. The zero-order valence-corrected chi connectivity index (χ0v) is 12.9. The number of anilines is 1. The number of amides is 1. The van der Waals surface area contributed by atoms with E-state index >= 15 is 0 Å². The van der Waals surface area contributed by atoms with Crippen molar-refractivity contribution in [2.75, 3.05) is 18.6 Å². The number of benzene rings is 2. The highest BCUT2D eigenvalue weighted by Gasteiger charge is 2.31. The van der Waals surface area contributed by atoms with E-state index in [0.29, 0.717) is 0 Å². The van der Waals surface area contributed by atoms with Crippen LogP contribution in [0.2, 0.25) is 0 Å². The molecule has 112 valence electrons. The van der Waals surface area contributed by atoms with E-state index in [1.807, 2.05) is 59.5 Å². The lowest BCUT2D eigenvalue weighted by Gasteiger charge is -2.15. The summed E-state index contributed by atoms with van der Waals surface area (Å²) in [4.78, 5) is 14.6. The van der Waals surface area contributed by atoms with Crippen molar-refractivity contribution in [2.45, 2.75) is 13.3 Å². The monoisotopic (exact) mass is 293 g/mol. The van der Waals surface area contributed by atoms with Crippen molar-refractivity contribution < 1.29 is 9.53 Å². The summed E-state index contributed by atoms with van der Waals surface area (Å²) < 4.78 is 5.38. The highest BCUT2D eigenvalue weighted by molar-refractivity contribution is 6.35. The van der Waals surface area contributed by atoms with E-state index in [-0.39, 0.29) is 5.91 Å². The summed E-state index contributed by atoms with van der Waals surface area (Å²) in [6, 6.07) is 15.7. The Morgan fingerprint density at radius 2 is 1.82 bits per heavy atom. The fraction of sp³-hybridized carbons (Fsp3) is 0.211. The SMILES string of the molecule is CCCN1C(=O)/C(=C\c2ccccc2OC)c2ccccc21. The number of fused-ring (bicyclic) bond motifs is 1. The van der Waals surface area contributed by atoms with E-state index in [9.17, 15) is 4.79 Å². The molecule has 0 saturated heterocycles. The Balaban J connectivity index is 2.11. The van der Waals surface area contributed by atoms with Gasteiger partial charge in [0.2, 0.25) is 0 Å². The average Bonchev–Trinajstić information content (AvgIpc) is 2.82. The summed E-state index contributed by atoms with van der Waals surface area (Å²) in [6.45, 7) is 2.82. The van der Waals surface area contributed by atoms with E-state index in [1.165, 1.54) is 0 Å². The minimum atomic E-state index is 0.0638. The van der Waals surface area contributed by atoms with Crippen LogP contribution in [0.15, 0.2) is 48.5 Å². The maximum absolute atomic E-state index is 12.8. The van der Waals surface area contributed by atoms with Crippen LogP contribution in [0.4, 0.5) is 5.69 Å². The van der Waals surface area contributed by atoms with Gasteiger partial charge in [-0.25, -0.2) is 0 Å². The second-order valence-corrected chi connectivity index (χ2v) is 5.27. The smallest absolute Gasteiger partial charge is 0.258 e. The number of rotatable bonds is 4. The van der Waals surface area contributed by atoms with Gasteiger partial charge in [-0.15, -0.1) is 0 Å². The fourth-order valence-corrected chi connectivity index (χ4v) is 2.83. The lowest BCUT2D eigenvalue weighted by molar-refractivity contribution is -0.113. The van der Waals surface area contributed by atoms with E-state index in [4.69, 9.17) is 4.74 Å². The molecule has 3 heteroatoms. The van der Waals surface area contributed by atoms with Gasteiger partial charge in [-0.1, -0.05) is 43.3 Å². The third kappa shape index (κ3) is 2.39. The van der Waals surface area contributed by atoms with E-state index in [0.717, 1.165) is 41.1 Å². The molecule has 3 rings (SSSR count). The van der Waals surface area contributed by atoms with Gasteiger partial charge in [0, 0.05) is 23.2 Å². The van der Waals surface area contributed by atoms with Crippen LogP contribution >= 0.6 is 0 Å². The minimum absolute atomic E-state index is 0.0638. The van der Waals surface area contributed by atoms with Gasteiger partial charge < -0.3 is 9.64 Å². The first-order valence-corrected chi connectivity index (χ1v) is 7.52. The molecule has 0 saturated carbocycles. The number of nitrogens with zero attached hydrogens (tertiary/aromatic N) is 1. The number of hydrogen-bond donors (Lipinski definition) is 0. The summed E-state index contributed by atoms with van der Waals surface area (Å²) in [7, 11) is 1.64. The first-order chi connectivity index (χ1) is 10.8. The quantitative estimate of drug-likeness (QED) is 0.798. The zero-order valence-electron chi connectivity index (χ0n) is 12.9. The minimum Gasteiger partial charge on any atom is -0.496 e. The van der Waals surface area contributed by atoms with Crippen molar-refractivity contribution in [2.24, 2.45) is 0 Å². The molecule has 0 atom stereocenters. The summed E-state index contributed by atoms with van der Waals surface area (Å²) in [6.07, 6.45) is 2.86. The van der Waals surface area contributed by atoms with E-state index in [2.05, 4.69) is 6.92 Å². The molecule has 1 aliphatic rings. The molecule has 0 aromatic heterocycles. The molecule has 1 heterocycles. The summed E-state index contributed by atoms with van der Waals surface area (Å²) in [5.41, 5.74) is 3.64. The maximum atomic E-state index is 12.8. The van der Waals surface area contributed by atoms with Crippen LogP contribution in [-0.2, 0) is 4.79 Å². The number of carbonyl (C=O) groups excluding carboxylic acids is 1. The van der Waals surface area contributed by atoms with Gasteiger partial charge in [-0.05, 0) is 24.6 Å². The van der Waals surface area contributed by atoms with Crippen LogP contribution in [0.25, 0.3) is 11.6 Å². The van der Waals surface area contributed by atoms with Crippen LogP contribution in [0.3, 0.4) is 0 Å². The molecule has 0 spiro atoms. The van der Waals surface area contributed by atoms with Crippen molar-refractivity contribution in [3.05, 3.63) is 59.7 Å². The first-order valence-electron chi connectivity index (χ1n) is 7.52. The summed E-state index contributed by atoms with van der Waals surface area (Å²) in [5.74, 6) is 0.836. The molecule has 22 heavy (non-hydrogen) atoms. The molecule has 1 amide bonds. The number of methoxy groups -OCH3 is 1. The molecule has 0 aliphatic carbocycles. The molecular formula is C19H19NO2. The van der Waals surface area contributed by atoms with Crippen LogP contribution in [0.1, 0.15) is 24.5 Å². The van der Waals surface area contributed by atoms with Crippen LogP contribution in [0.5, 0.6) is 5.75 Å². The van der Waals surface area contributed by atoms with Gasteiger partial charge in [0.05, 0.1) is 12.8 Å². The number of hydrogen-bond acceptors (Lipinski definition) is 2. The largest absolute Gasteiger partial charge is 0.496 e. The third-order valence-electron chi connectivity index (χ3n) is 3.85. The van der Waals surface area contributed by atoms with Crippen LogP contribution < -0.4 is 9.64 Å².